The molecule has 1 fully saturated rings. The van der Waals surface area contributed by atoms with Crippen LogP contribution in [0.2, 0.25) is 0 Å². The second-order valence-electron chi connectivity index (χ2n) is 6.34. The minimum atomic E-state index is -0.438. The average Bonchev–Trinajstić information content (AvgIpc) is 3.17. The van der Waals surface area contributed by atoms with Crippen LogP contribution in [0.25, 0.3) is 0 Å². The van der Waals surface area contributed by atoms with E-state index in [0.29, 0.717) is 17.4 Å². The van der Waals surface area contributed by atoms with E-state index in [1.54, 1.807) is 6.92 Å². The molecule has 1 saturated carbocycles. The lowest BCUT2D eigenvalue weighted by molar-refractivity contribution is -0.115. The van der Waals surface area contributed by atoms with Crippen LogP contribution >= 0.6 is 11.3 Å². The molecule has 0 saturated heterocycles. The van der Waals surface area contributed by atoms with Gasteiger partial charge in [-0.2, -0.15) is 14.8 Å². The van der Waals surface area contributed by atoms with Crippen LogP contribution < -0.4 is 5.32 Å². The van der Waals surface area contributed by atoms with E-state index in [2.05, 4.69) is 27.0 Å². The number of aliphatic imine (C=N–C) groups is 2. The molecule has 0 radical (unpaired) electrons. The quantitative estimate of drug-likeness (QED) is 0.843. The summed E-state index contributed by atoms with van der Waals surface area (Å²) in [6.45, 7) is 5.38. The Balaban J connectivity index is 1.64. The van der Waals surface area contributed by atoms with Crippen molar-refractivity contribution < 1.29 is 9.59 Å². The van der Waals surface area contributed by atoms with E-state index in [9.17, 15) is 9.59 Å². The third kappa shape index (κ3) is 3.28. The first-order chi connectivity index (χ1) is 12.5. The molecule has 8 heteroatoms. The Morgan fingerprint density at radius 1 is 1.42 bits per heavy atom. The Morgan fingerprint density at radius 2 is 2.23 bits per heavy atom. The number of rotatable bonds is 4. The lowest BCUT2D eigenvalue weighted by atomic mass is 10.2. The van der Waals surface area contributed by atoms with Gasteiger partial charge in [-0.3, -0.25) is 9.59 Å². The van der Waals surface area contributed by atoms with Gasteiger partial charge in [-0.25, -0.2) is 4.99 Å². The highest BCUT2D eigenvalue weighted by molar-refractivity contribution is 7.10. The van der Waals surface area contributed by atoms with Crippen molar-refractivity contribution in [2.45, 2.75) is 32.1 Å². The van der Waals surface area contributed by atoms with E-state index >= 15 is 0 Å². The number of hydrogen-bond donors (Lipinski definition) is 1. The van der Waals surface area contributed by atoms with Crippen LogP contribution in [-0.4, -0.2) is 33.3 Å². The number of amides is 2. The van der Waals surface area contributed by atoms with Crippen molar-refractivity contribution >= 4 is 40.6 Å². The van der Waals surface area contributed by atoms with Crippen molar-refractivity contribution in [2.24, 2.45) is 9.98 Å². The fourth-order valence-electron chi connectivity index (χ4n) is 2.63. The van der Waals surface area contributed by atoms with E-state index in [0.717, 1.165) is 23.4 Å². The number of anilines is 1. The van der Waals surface area contributed by atoms with E-state index in [1.807, 2.05) is 23.6 Å². The largest absolute Gasteiger partial charge is 0.310 e. The maximum atomic E-state index is 12.4. The summed E-state index contributed by atoms with van der Waals surface area (Å²) in [7, 11) is 0. The van der Waals surface area contributed by atoms with Gasteiger partial charge in [-0.1, -0.05) is 12.6 Å². The average molecular weight is 367 g/mol. The van der Waals surface area contributed by atoms with Crippen LogP contribution in [0, 0.1) is 0 Å². The predicted octanol–water partition coefficient (Wildman–Crippen LogP) is 2.76. The number of nitrogens with zero attached hydrogens (tertiary/aromatic N) is 4. The van der Waals surface area contributed by atoms with Crippen molar-refractivity contribution in [1.82, 2.24) is 9.78 Å². The molecule has 0 aromatic carbocycles. The molecule has 2 aromatic heterocycles. The summed E-state index contributed by atoms with van der Waals surface area (Å²) in [6, 6.07) is 5.67. The number of thiophene rings is 1. The van der Waals surface area contributed by atoms with Crippen molar-refractivity contribution in [3.05, 3.63) is 46.3 Å². The first-order valence-electron chi connectivity index (χ1n) is 8.31. The number of aromatic nitrogens is 2. The van der Waals surface area contributed by atoms with E-state index < -0.39 is 5.91 Å². The molecule has 1 aliphatic heterocycles. The summed E-state index contributed by atoms with van der Waals surface area (Å²) in [5.41, 5.74) is 1.65. The van der Waals surface area contributed by atoms with Crippen LogP contribution in [0.3, 0.4) is 0 Å². The summed E-state index contributed by atoms with van der Waals surface area (Å²) in [5.74, 6) is 0.432. The summed E-state index contributed by atoms with van der Waals surface area (Å²) < 4.78 is 1.44. The summed E-state index contributed by atoms with van der Waals surface area (Å²) >= 11 is 1.53. The number of hydrogen-bond acceptors (Lipinski definition) is 5. The van der Waals surface area contributed by atoms with Crippen LogP contribution in [0.1, 0.15) is 36.3 Å². The van der Waals surface area contributed by atoms with E-state index in [4.69, 9.17) is 0 Å². The standard InChI is InChI=1S/C18H17N5O2S/c1-10-11(2)19-18(21-17(10)25)23-15(9-14(22-23)12-5-6-12)20-16(24)8-13-4-3-7-26-13/h3-4,7,9,12H,1,5-6,8H2,2H3,(H,20,24). The third-order valence-corrected chi connectivity index (χ3v) is 5.14. The molecule has 132 valence electrons. The zero-order valence-electron chi connectivity index (χ0n) is 14.2. The van der Waals surface area contributed by atoms with Crippen molar-refractivity contribution in [1.29, 1.82) is 0 Å². The van der Waals surface area contributed by atoms with Gasteiger partial charge in [0, 0.05) is 16.9 Å². The van der Waals surface area contributed by atoms with Gasteiger partial charge in [0.15, 0.2) is 0 Å². The number of carbonyl (C=O) groups is 2. The minimum Gasteiger partial charge on any atom is -0.310 e. The van der Waals surface area contributed by atoms with Gasteiger partial charge in [0.05, 0.1) is 23.4 Å². The third-order valence-electron chi connectivity index (χ3n) is 4.26. The molecule has 26 heavy (non-hydrogen) atoms. The Hall–Kier alpha value is -2.87. The fraction of sp³-hybridized carbons (Fsp3) is 0.278. The second-order valence-corrected chi connectivity index (χ2v) is 7.37. The molecule has 2 amide bonds. The molecular formula is C18H17N5O2S. The SMILES string of the molecule is C=C1C(=O)N=C(n2nc(C3CC3)cc2NC(=O)Cc2cccs2)N=C1C. The Labute approximate surface area is 154 Å². The maximum Gasteiger partial charge on any atom is 0.281 e. The smallest absolute Gasteiger partial charge is 0.281 e. The van der Waals surface area contributed by atoms with Crippen molar-refractivity contribution in [3.8, 4) is 0 Å². The Kier molecular flexibility index (Phi) is 4.12. The molecular weight excluding hydrogens is 350 g/mol. The number of carbonyl (C=O) groups excluding carboxylic acids is 2. The van der Waals surface area contributed by atoms with Gasteiger partial charge >= 0.3 is 0 Å². The van der Waals surface area contributed by atoms with Gasteiger partial charge in [0.25, 0.3) is 11.9 Å². The van der Waals surface area contributed by atoms with Gasteiger partial charge in [-0.05, 0) is 31.2 Å². The first-order valence-corrected chi connectivity index (χ1v) is 9.19. The molecule has 0 atom stereocenters. The van der Waals surface area contributed by atoms with Crippen LogP contribution in [0.4, 0.5) is 5.82 Å². The first kappa shape index (κ1) is 16.6. The molecule has 0 unspecified atom stereocenters. The second kappa shape index (κ2) is 6.45. The van der Waals surface area contributed by atoms with Crippen LogP contribution in [-0.2, 0) is 16.0 Å². The van der Waals surface area contributed by atoms with Crippen LogP contribution in [0.15, 0.2) is 45.7 Å². The maximum absolute atomic E-state index is 12.4. The van der Waals surface area contributed by atoms with Crippen molar-refractivity contribution in [3.63, 3.8) is 0 Å². The summed E-state index contributed by atoms with van der Waals surface area (Å²) in [5, 5.41) is 9.33. The van der Waals surface area contributed by atoms with Gasteiger partial charge < -0.3 is 5.32 Å². The topological polar surface area (TPSA) is 88.7 Å². The lowest BCUT2D eigenvalue weighted by Crippen LogP contribution is -2.25. The molecule has 3 heterocycles. The molecule has 2 aliphatic rings. The molecule has 1 aliphatic carbocycles. The van der Waals surface area contributed by atoms with Gasteiger partial charge in [0.2, 0.25) is 5.91 Å². The lowest BCUT2D eigenvalue weighted by Gasteiger charge is -2.12. The fourth-order valence-corrected chi connectivity index (χ4v) is 3.33. The highest BCUT2D eigenvalue weighted by Gasteiger charge is 2.29. The highest BCUT2D eigenvalue weighted by Crippen LogP contribution is 2.40. The highest BCUT2D eigenvalue weighted by atomic mass is 32.1. The zero-order chi connectivity index (χ0) is 18.3. The normalized spacial score (nSPS) is 17.1. The Bertz CT molecular complexity index is 964. The Morgan fingerprint density at radius 3 is 2.88 bits per heavy atom. The molecule has 2 aromatic rings. The van der Waals surface area contributed by atoms with Crippen molar-refractivity contribution in [2.75, 3.05) is 5.32 Å². The monoisotopic (exact) mass is 367 g/mol. The summed E-state index contributed by atoms with van der Waals surface area (Å²) in [4.78, 5) is 33.6. The molecule has 0 spiro atoms. The zero-order valence-corrected chi connectivity index (χ0v) is 15.0. The molecule has 7 nitrogen and oxygen atoms in total. The molecule has 4 rings (SSSR count). The minimum absolute atomic E-state index is 0.149. The molecule has 0 bridgehead atoms. The molecule has 1 N–H and O–H groups in total. The summed E-state index contributed by atoms with van der Waals surface area (Å²) in [6.07, 6.45) is 2.43. The predicted molar refractivity (Wildman–Crippen MR) is 101 cm³/mol. The van der Waals surface area contributed by atoms with E-state index in [1.165, 1.54) is 16.0 Å². The van der Waals surface area contributed by atoms with E-state index in [-0.39, 0.29) is 23.9 Å². The number of nitrogens with one attached hydrogen (secondary N) is 1. The van der Waals surface area contributed by atoms with Gasteiger partial charge in [-0.15, -0.1) is 11.3 Å². The van der Waals surface area contributed by atoms with Gasteiger partial charge in [0.1, 0.15) is 5.82 Å². The van der Waals surface area contributed by atoms with Crippen LogP contribution in [0.5, 0.6) is 0 Å².